The number of rotatable bonds is 3. The molecule has 22 heavy (non-hydrogen) atoms. The predicted octanol–water partition coefficient (Wildman–Crippen LogP) is 1.17. The van der Waals surface area contributed by atoms with Crippen LogP contribution in [0.1, 0.15) is 37.7 Å². The summed E-state index contributed by atoms with van der Waals surface area (Å²) in [6.45, 7) is -0.0668. The minimum Gasteiger partial charge on any atom is -0.352 e. The van der Waals surface area contributed by atoms with Gasteiger partial charge in [-0.3, -0.25) is 14.5 Å². The van der Waals surface area contributed by atoms with E-state index in [4.69, 9.17) is 0 Å². The van der Waals surface area contributed by atoms with E-state index in [2.05, 4.69) is 15.0 Å². The van der Waals surface area contributed by atoms with Crippen LogP contribution in [0.5, 0.6) is 0 Å². The molecular weight excluding hydrogens is 302 g/mol. The maximum atomic E-state index is 11.9. The second-order valence-corrected chi connectivity index (χ2v) is 7.32. The van der Waals surface area contributed by atoms with Gasteiger partial charge in [-0.25, -0.2) is 8.42 Å². The third-order valence-corrected chi connectivity index (χ3v) is 5.41. The third-order valence-electron chi connectivity index (χ3n) is 4.01. The number of carbonyl (C=O) groups excluding carboxylic acids is 1. The second kappa shape index (κ2) is 6.08. The van der Waals surface area contributed by atoms with Gasteiger partial charge in [0.1, 0.15) is 12.4 Å². The maximum Gasteiger partial charge on any atom is 0.263 e. The lowest BCUT2D eigenvalue weighted by atomic mass is 9.95. The summed E-state index contributed by atoms with van der Waals surface area (Å²) in [5, 5.41) is 2.96. The Balaban J connectivity index is 1.67. The number of fused-ring (bicyclic) bond motifs is 1. The molecule has 2 aliphatic rings. The van der Waals surface area contributed by atoms with Gasteiger partial charge in [-0.2, -0.15) is 0 Å². The highest BCUT2D eigenvalue weighted by Gasteiger charge is 2.30. The van der Waals surface area contributed by atoms with Crippen LogP contribution in [0.25, 0.3) is 0 Å². The molecule has 0 radical (unpaired) electrons. The smallest absolute Gasteiger partial charge is 0.263 e. The molecular formula is C15H19N3O3S. The van der Waals surface area contributed by atoms with Crippen LogP contribution < -0.4 is 10.0 Å². The van der Waals surface area contributed by atoms with Crippen molar-refractivity contribution in [1.82, 2.24) is 10.0 Å². The van der Waals surface area contributed by atoms with E-state index >= 15 is 0 Å². The first-order valence-electron chi connectivity index (χ1n) is 7.52. The quantitative estimate of drug-likeness (QED) is 0.876. The minimum atomic E-state index is -3.54. The molecule has 118 valence electrons. The molecule has 0 unspecified atom stereocenters. The number of sulfonamides is 1. The topological polar surface area (TPSA) is 87.6 Å². The van der Waals surface area contributed by atoms with E-state index in [-0.39, 0.29) is 29.2 Å². The van der Waals surface area contributed by atoms with Crippen LogP contribution in [-0.2, 0) is 14.8 Å². The lowest BCUT2D eigenvalue weighted by Gasteiger charge is -2.22. The van der Waals surface area contributed by atoms with Crippen molar-refractivity contribution in [2.24, 2.45) is 4.99 Å². The van der Waals surface area contributed by atoms with Crippen molar-refractivity contribution < 1.29 is 13.2 Å². The van der Waals surface area contributed by atoms with Crippen LogP contribution >= 0.6 is 0 Å². The zero-order valence-electron chi connectivity index (χ0n) is 12.2. The summed E-state index contributed by atoms with van der Waals surface area (Å²) in [7, 11) is -3.54. The number of benzene rings is 1. The fourth-order valence-corrected chi connectivity index (χ4v) is 4.17. The first kappa shape index (κ1) is 15.0. The maximum absolute atomic E-state index is 11.9. The molecule has 0 aromatic heterocycles. The van der Waals surface area contributed by atoms with E-state index in [1.807, 2.05) is 0 Å². The Hall–Kier alpha value is -1.89. The second-order valence-electron chi connectivity index (χ2n) is 5.67. The Morgan fingerprint density at radius 2 is 1.95 bits per heavy atom. The number of amides is 1. The Bertz CT molecular complexity index is 706. The minimum absolute atomic E-state index is 0.0668. The van der Waals surface area contributed by atoms with Crippen LogP contribution in [0.15, 0.2) is 34.2 Å². The zero-order valence-corrected chi connectivity index (χ0v) is 13.0. The van der Waals surface area contributed by atoms with Gasteiger partial charge in [0.2, 0.25) is 5.91 Å². The van der Waals surface area contributed by atoms with Crippen molar-refractivity contribution in [3.8, 4) is 0 Å². The van der Waals surface area contributed by atoms with Gasteiger partial charge >= 0.3 is 0 Å². The highest BCUT2D eigenvalue weighted by molar-refractivity contribution is 7.90. The number of carbonyl (C=O) groups is 1. The van der Waals surface area contributed by atoms with Crippen LogP contribution in [0.3, 0.4) is 0 Å². The largest absolute Gasteiger partial charge is 0.352 e. The van der Waals surface area contributed by atoms with Crippen molar-refractivity contribution in [2.45, 2.75) is 43.0 Å². The van der Waals surface area contributed by atoms with Gasteiger partial charge in [0.15, 0.2) is 0 Å². The summed E-state index contributed by atoms with van der Waals surface area (Å²) in [6, 6.07) is 6.86. The average Bonchev–Trinajstić information content (AvgIpc) is 2.78. The molecule has 0 saturated heterocycles. The summed E-state index contributed by atoms with van der Waals surface area (Å²) >= 11 is 0. The normalized spacial score (nSPS) is 22.1. The van der Waals surface area contributed by atoms with Gasteiger partial charge in [0, 0.05) is 11.6 Å². The average molecular weight is 321 g/mol. The number of aliphatic imine (C=N–C) groups is 1. The standard InChI is InChI=1S/C15H19N3O3S/c19-14(17-11-6-2-1-3-7-11)10-16-15-12-8-4-5-9-13(12)22(20,21)18-15/h4-5,8-9,11H,1-3,6-7,10H2,(H,16,18)(H,17,19). The van der Waals surface area contributed by atoms with Crippen LogP contribution in [0, 0.1) is 0 Å². The molecule has 1 aromatic rings. The van der Waals surface area contributed by atoms with Gasteiger partial charge in [0.05, 0.1) is 4.90 Å². The molecule has 6 nitrogen and oxygen atoms in total. The number of hydrogen-bond donors (Lipinski definition) is 2. The molecule has 0 bridgehead atoms. The number of nitrogens with one attached hydrogen (secondary N) is 2. The molecule has 1 aromatic carbocycles. The lowest BCUT2D eigenvalue weighted by Crippen LogP contribution is -2.38. The van der Waals surface area contributed by atoms with E-state index in [9.17, 15) is 13.2 Å². The van der Waals surface area contributed by atoms with E-state index in [0.717, 1.165) is 25.7 Å². The summed E-state index contributed by atoms with van der Waals surface area (Å²) in [6.07, 6.45) is 5.54. The fraction of sp³-hybridized carbons (Fsp3) is 0.467. The van der Waals surface area contributed by atoms with E-state index in [1.54, 1.807) is 18.2 Å². The SMILES string of the molecule is O=C(CN=C1NS(=O)(=O)c2ccccc21)NC1CCCCC1. The number of amidine groups is 1. The van der Waals surface area contributed by atoms with Crippen molar-refractivity contribution in [1.29, 1.82) is 0 Å². The predicted molar refractivity (Wildman–Crippen MR) is 83.2 cm³/mol. The van der Waals surface area contributed by atoms with Crippen LogP contribution in [-0.4, -0.2) is 32.7 Å². The summed E-state index contributed by atoms with van der Waals surface area (Å²) < 4.78 is 26.3. The molecule has 1 saturated carbocycles. The van der Waals surface area contributed by atoms with E-state index in [0.29, 0.717) is 5.56 Å². The summed E-state index contributed by atoms with van der Waals surface area (Å²) in [5.74, 6) is 0.0809. The van der Waals surface area contributed by atoms with Gasteiger partial charge in [-0.15, -0.1) is 0 Å². The molecule has 3 rings (SSSR count). The molecule has 1 aliphatic heterocycles. The van der Waals surface area contributed by atoms with Crippen molar-refractivity contribution in [3.63, 3.8) is 0 Å². The molecule has 0 atom stereocenters. The Morgan fingerprint density at radius 3 is 2.73 bits per heavy atom. The van der Waals surface area contributed by atoms with Gasteiger partial charge in [0.25, 0.3) is 10.0 Å². The Labute approximate surface area is 130 Å². The number of nitrogens with zero attached hydrogens (tertiary/aromatic N) is 1. The third kappa shape index (κ3) is 3.14. The van der Waals surface area contributed by atoms with Crippen molar-refractivity contribution in [2.75, 3.05) is 6.54 Å². The molecule has 1 aliphatic carbocycles. The number of hydrogen-bond acceptors (Lipinski definition) is 4. The van der Waals surface area contributed by atoms with Crippen LogP contribution in [0.4, 0.5) is 0 Å². The van der Waals surface area contributed by atoms with Gasteiger partial charge in [-0.1, -0.05) is 31.4 Å². The monoisotopic (exact) mass is 321 g/mol. The van der Waals surface area contributed by atoms with Gasteiger partial charge in [-0.05, 0) is 25.0 Å². The fourth-order valence-electron chi connectivity index (χ4n) is 2.92. The van der Waals surface area contributed by atoms with E-state index < -0.39 is 10.0 Å². The first-order chi connectivity index (χ1) is 10.6. The summed E-state index contributed by atoms with van der Waals surface area (Å²) in [4.78, 5) is 16.3. The van der Waals surface area contributed by atoms with Crippen molar-refractivity contribution >= 4 is 21.8 Å². The lowest BCUT2D eigenvalue weighted by molar-refractivity contribution is -0.120. The van der Waals surface area contributed by atoms with Crippen molar-refractivity contribution in [3.05, 3.63) is 29.8 Å². The summed E-state index contributed by atoms with van der Waals surface area (Å²) in [5.41, 5.74) is 0.521. The highest BCUT2D eigenvalue weighted by atomic mass is 32.2. The molecule has 1 amide bonds. The molecule has 2 N–H and O–H groups in total. The Kier molecular flexibility index (Phi) is 4.15. The molecule has 1 heterocycles. The first-order valence-corrected chi connectivity index (χ1v) is 9.00. The molecule has 1 fully saturated rings. The van der Waals surface area contributed by atoms with E-state index in [1.165, 1.54) is 12.5 Å². The Morgan fingerprint density at radius 1 is 1.23 bits per heavy atom. The molecule has 0 spiro atoms. The zero-order chi connectivity index (χ0) is 15.6. The molecule has 7 heteroatoms. The van der Waals surface area contributed by atoms with Gasteiger partial charge < -0.3 is 5.32 Å². The van der Waals surface area contributed by atoms with Crippen LogP contribution in [0.2, 0.25) is 0 Å². The highest BCUT2D eigenvalue weighted by Crippen LogP contribution is 2.22.